The predicted molar refractivity (Wildman–Crippen MR) is 60.8 cm³/mol. The molecule has 0 spiro atoms. The van der Waals surface area contributed by atoms with Crippen LogP contribution in [0.25, 0.3) is 0 Å². The Balaban J connectivity index is 2.23. The zero-order valence-electron chi connectivity index (χ0n) is 8.84. The van der Waals surface area contributed by atoms with Gasteiger partial charge in [0.25, 0.3) is 0 Å². The van der Waals surface area contributed by atoms with Gasteiger partial charge in [-0.2, -0.15) is 5.10 Å². The van der Waals surface area contributed by atoms with Crippen molar-refractivity contribution >= 4 is 11.3 Å². The van der Waals surface area contributed by atoms with E-state index in [9.17, 15) is 0 Å². The molecule has 2 aromatic rings. The molecular weight excluding hydrogens is 208 g/mol. The quantitative estimate of drug-likeness (QED) is 0.860. The predicted octanol–water partition coefficient (Wildman–Crippen LogP) is 1.72. The van der Waals surface area contributed by atoms with E-state index < -0.39 is 0 Å². The van der Waals surface area contributed by atoms with Gasteiger partial charge in [0.05, 0.1) is 12.2 Å². The number of nitrogens with two attached hydrogens (primary N) is 1. The molecule has 2 heterocycles. The first kappa shape index (κ1) is 10.3. The summed E-state index contributed by atoms with van der Waals surface area (Å²) in [6.45, 7) is 4.89. The number of hydrogen-bond donors (Lipinski definition) is 1. The van der Waals surface area contributed by atoms with Gasteiger partial charge >= 0.3 is 0 Å². The lowest BCUT2D eigenvalue weighted by atomic mass is 10.2. The van der Waals surface area contributed by atoms with Crippen LogP contribution in [0.3, 0.4) is 0 Å². The van der Waals surface area contributed by atoms with Gasteiger partial charge in [0, 0.05) is 29.4 Å². The normalized spacial score (nSPS) is 13.0. The van der Waals surface area contributed by atoms with Crippen LogP contribution in [0.2, 0.25) is 0 Å². The van der Waals surface area contributed by atoms with E-state index in [-0.39, 0.29) is 6.04 Å². The van der Waals surface area contributed by atoms with Gasteiger partial charge in [0.1, 0.15) is 5.01 Å². The third-order valence-corrected chi connectivity index (χ3v) is 3.28. The summed E-state index contributed by atoms with van der Waals surface area (Å²) in [5.41, 5.74) is 8.13. The fraction of sp³-hybridized carbons (Fsp3) is 0.400. The lowest BCUT2D eigenvalue weighted by Crippen LogP contribution is -2.10. The van der Waals surface area contributed by atoms with E-state index >= 15 is 0 Å². The number of rotatable bonds is 3. The molecule has 15 heavy (non-hydrogen) atoms. The van der Waals surface area contributed by atoms with Crippen molar-refractivity contribution in [2.24, 2.45) is 5.73 Å². The Morgan fingerprint density at radius 3 is 2.93 bits per heavy atom. The van der Waals surface area contributed by atoms with E-state index in [0.29, 0.717) is 0 Å². The highest BCUT2D eigenvalue weighted by Crippen LogP contribution is 2.22. The smallest absolute Gasteiger partial charge is 0.114 e. The van der Waals surface area contributed by atoms with Crippen LogP contribution in [-0.2, 0) is 6.54 Å². The number of aromatic nitrogens is 3. The molecule has 2 aromatic heterocycles. The highest BCUT2D eigenvalue weighted by Gasteiger charge is 2.13. The van der Waals surface area contributed by atoms with Crippen LogP contribution < -0.4 is 5.73 Å². The van der Waals surface area contributed by atoms with Crippen LogP contribution in [0.5, 0.6) is 0 Å². The molecule has 1 atom stereocenters. The SMILES string of the molecule is CCn1cc(C(N)c2nc(C)cs2)cn1. The number of hydrogen-bond acceptors (Lipinski definition) is 4. The number of aryl methyl sites for hydroxylation is 2. The fourth-order valence-corrected chi connectivity index (χ4v) is 2.19. The summed E-state index contributed by atoms with van der Waals surface area (Å²) in [4.78, 5) is 4.38. The minimum Gasteiger partial charge on any atom is -0.318 e. The molecular formula is C10H14N4S. The third kappa shape index (κ3) is 2.08. The Morgan fingerprint density at radius 2 is 2.40 bits per heavy atom. The maximum Gasteiger partial charge on any atom is 0.114 e. The Bertz CT molecular complexity index is 446. The second kappa shape index (κ2) is 4.12. The van der Waals surface area contributed by atoms with Crippen LogP contribution in [0.15, 0.2) is 17.8 Å². The first-order chi connectivity index (χ1) is 7.20. The fourth-order valence-electron chi connectivity index (χ4n) is 1.37. The zero-order valence-corrected chi connectivity index (χ0v) is 9.66. The molecule has 2 N–H and O–H groups in total. The van der Waals surface area contributed by atoms with Crippen molar-refractivity contribution < 1.29 is 0 Å². The van der Waals surface area contributed by atoms with Gasteiger partial charge in [0.15, 0.2) is 0 Å². The molecule has 0 aliphatic carbocycles. The molecule has 5 heteroatoms. The first-order valence-corrected chi connectivity index (χ1v) is 5.78. The molecule has 4 nitrogen and oxygen atoms in total. The van der Waals surface area contributed by atoms with Crippen LogP contribution in [0, 0.1) is 6.92 Å². The van der Waals surface area contributed by atoms with Crippen LogP contribution >= 0.6 is 11.3 Å². The zero-order chi connectivity index (χ0) is 10.8. The minimum absolute atomic E-state index is 0.149. The van der Waals surface area contributed by atoms with Crippen molar-refractivity contribution in [1.29, 1.82) is 0 Å². The van der Waals surface area contributed by atoms with Gasteiger partial charge in [0.2, 0.25) is 0 Å². The van der Waals surface area contributed by atoms with Gasteiger partial charge in [-0.1, -0.05) is 0 Å². The van der Waals surface area contributed by atoms with E-state index in [2.05, 4.69) is 17.0 Å². The highest BCUT2D eigenvalue weighted by atomic mass is 32.1. The molecule has 0 saturated heterocycles. The average Bonchev–Trinajstić information content (AvgIpc) is 2.84. The number of nitrogens with zero attached hydrogens (tertiary/aromatic N) is 3. The van der Waals surface area contributed by atoms with Crippen molar-refractivity contribution in [3.05, 3.63) is 34.0 Å². The molecule has 0 aliphatic rings. The molecule has 1 unspecified atom stereocenters. The van der Waals surface area contributed by atoms with E-state index in [1.54, 1.807) is 11.3 Å². The molecule has 0 aromatic carbocycles. The maximum absolute atomic E-state index is 6.09. The topological polar surface area (TPSA) is 56.7 Å². The Hall–Kier alpha value is -1.20. The van der Waals surface area contributed by atoms with Gasteiger partial charge in [-0.25, -0.2) is 4.98 Å². The standard InChI is InChI=1S/C10H14N4S/c1-3-14-5-8(4-12-14)9(11)10-13-7(2)6-15-10/h4-6,9H,3,11H2,1-2H3. The van der Waals surface area contributed by atoms with Crippen LogP contribution in [0.1, 0.15) is 29.2 Å². The minimum atomic E-state index is -0.149. The van der Waals surface area contributed by atoms with E-state index in [1.807, 2.05) is 29.4 Å². The Kier molecular flexibility index (Phi) is 2.83. The Morgan fingerprint density at radius 1 is 1.60 bits per heavy atom. The largest absolute Gasteiger partial charge is 0.318 e. The second-order valence-electron chi connectivity index (χ2n) is 3.43. The summed E-state index contributed by atoms with van der Waals surface area (Å²) in [6, 6.07) is -0.149. The molecule has 0 amide bonds. The maximum atomic E-state index is 6.09. The van der Waals surface area contributed by atoms with Gasteiger partial charge in [-0.15, -0.1) is 11.3 Å². The molecule has 2 rings (SSSR count). The van der Waals surface area contributed by atoms with Gasteiger partial charge in [-0.05, 0) is 13.8 Å². The average molecular weight is 222 g/mol. The van der Waals surface area contributed by atoms with Crippen molar-refractivity contribution in [1.82, 2.24) is 14.8 Å². The van der Waals surface area contributed by atoms with Crippen LogP contribution in [0.4, 0.5) is 0 Å². The van der Waals surface area contributed by atoms with Crippen molar-refractivity contribution in [2.45, 2.75) is 26.4 Å². The molecule has 0 aliphatic heterocycles. The monoisotopic (exact) mass is 222 g/mol. The summed E-state index contributed by atoms with van der Waals surface area (Å²) in [5, 5.41) is 7.16. The first-order valence-electron chi connectivity index (χ1n) is 4.90. The molecule has 80 valence electrons. The van der Waals surface area contributed by atoms with Crippen molar-refractivity contribution in [3.8, 4) is 0 Å². The Labute approximate surface area is 92.8 Å². The van der Waals surface area contributed by atoms with Gasteiger partial charge in [-0.3, -0.25) is 4.68 Å². The van der Waals surface area contributed by atoms with E-state index in [4.69, 9.17) is 5.73 Å². The van der Waals surface area contributed by atoms with E-state index in [0.717, 1.165) is 22.8 Å². The molecule has 0 saturated carbocycles. The van der Waals surface area contributed by atoms with Crippen molar-refractivity contribution in [3.63, 3.8) is 0 Å². The van der Waals surface area contributed by atoms with E-state index in [1.165, 1.54) is 0 Å². The molecule has 0 bridgehead atoms. The molecule has 0 radical (unpaired) electrons. The lowest BCUT2D eigenvalue weighted by Gasteiger charge is -2.04. The summed E-state index contributed by atoms with van der Waals surface area (Å²) in [7, 11) is 0. The highest BCUT2D eigenvalue weighted by molar-refractivity contribution is 7.09. The summed E-state index contributed by atoms with van der Waals surface area (Å²) in [5.74, 6) is 0. The van der Waals surface area contributed by atoms with Crippen molar-refractivity contribution in [2.75, 3.05) is 0 Å². The lowest BCUT2D eigenvalue weighted by molar-refractivity contribution is 0.658. The second-order valence-corrected chi connectivity index (χ2v) is 4.32. The third-order valence-electron chi connectivity index (χ3n) is 2.24. The summed E-state index contributed by atoms with van der Waals surface area (Å²) in [6.07, 6.45) is 3.78. The summed E-state index contributed by atoms with van der Waals surface area (Å²) >= 11 is 1.60. The van der Waals surface area contributed by atoms with Gasteiger partial charge < -0.3 is 5.73 Å². The van der Waals surface area contributed by atoms with Crippen LogP contribution in [-0.4, -0.2) is 14.8 Å². The molecule has 0 fully saturated rings. The number of thiazole rings is 1. The summed E-state index contributed by atoms with van der Waals surface area (Å²) < 4.78 is 1.87.